The number of amides is 1. The molecule has 0 aromatic heterocycles. The monoisotopic (exact) mass is 323 g/mol. The fourth-order valence-corrected chi connectivity index (χ4v) is 2.72. The van der Waals surface area contributed by atoms with Crippen molar-refractivity contribution >= 4 is 29.4 Å². The summed E-state index contributed by atoms with van der Waals surface area (Å²) < 4.78 is 0. The zero-order valence-corrected chi connectivity index (χ0v) is 13.6. The smallest absolute Gasteiger partial charge is 0.329 e. The molecule has 0 saturated carbocycles. The molecular formula is C16H21NO4S. The van der Waals surface area contributed by atoms with Gasteiger partial charge in [0.2, 0.25) is 5.91 Å². The summed E-state index contributed by atoms with van der Waals surface area (Å²) in [4.78, 5) is 35.0. The van der Waals surface area contributed by atoms with E-state index in [1.165, 1.54) is 18.7 Å². The van der Waals surface area contributed by atoms with Gasteiger partial charge >= 0.3 is 5.97 Å². The average molecular weight is 323 g/mol. The second-order valence-electron chi connectivity index (χ2n) is 5.22. The van der Waals surface area contributed by atoms with E-state index in [1.54, 1.807) is 24.3 Å². The van der Waals surface area contributed by atoms with Crippen LogP contribution in [-0.2, 0) is 9.59 Å². The normalized spacial score (nSPS) is 13.2. The van der Waals surface area contributed by atoms with Crippen molar-refractivity contribution in [3.63, 3.8) is 0 Å². The van der Waals surface area contributed by atoms with E-state index in [4.69, 9.17) is 0 Å². The summed E-state index contributed by atoms with van der Waals surface area (Å²) in [6.45, 7) is 3.36. The predicted molar refractivity (Wildman–Crippen MR) is 87.2 cm³/mol. The van der Waals surface area contributed by atoms with Gasteiger partial charge in [-0.25, -0.2) is 4.79 Å². The van der Waals surface area contributed by atoms with Gasteiger partial charge in [0.1, 0.15) is 5.54 Å². The highest BCUT2D eigenvalue weighted by Crippen LogP contribution is 2.14. The van der Waals surface area contributed by atoms with Gasteiger partial charge in [0, 0.05) is 5.56 Å². The maximum atomic E-state index is 11.9. The van der Waals surface area contributed by atoms with Crippen LogP contribution in [0.1, 0.15) is 37.0 Å². The molecule has 2 N–H and O–H groups in total. The minimum atomic E-state index is -1.25. The van der Waals surface area contributed by atoms with Crippen LogP contribution >= 0.6 is 11.8 Å². The van der Waals surface area contributed by atoms with Crippen LogP contribution in [0.5, 0.6) is 0 Å². The first kappa shape index (κ1) is 18.2. The molecule has 1 unspecified atom stereocenters. The Morgan fingerprint density at radius 3 is 2.36 bits per heavy atom. The number of ketones is 1. The van der Waals surface area contributed by atoms with E-state index in [2.05, 4.69) is 5.32 Å². The van der Waals surface area contributed by atoms with E-state index in [0.29, 0.717) is 18.4 Å². The third-order valence-corrected chi connectivity index (χ3v) is 4.13. The zero-order valence-electron chi connectivity index (χ0n) is 12.8. The fourth-order valence-electron chi connectivity index (χ4n) is 2.01. The van der Waals surface area contributed by atoms with Gasteiger partial charge in [0.15, 0.2) is 5.78 Å². The van der Waals surface area contributed by atoms with Crippen molar-refractivity contribution in [3.8, 4) is 0 Å². The Morgan fingerprint density at radius 1 is 1.18 bits per heavy atom. The summed E-state index contributed by atoms with van der Waals surface area (Å²) in [6.07, 6.45) is 1.02. The highest BCUT2D eigenvalue weighted by Gasteiger charge is 2.33. The largest absolute Gasteiger partial charge is 0.480 e. The van der Waals surface area contributed by atoms with Crippen molar-refractivity contribution in [3.05, 3.63) is 35.9 Å². The third kappa shape index (κ3) is 5.52. The van der Waals surface area contributed by atoms with Crippen LogP contribution in [0.25, 0.3) is 0 Å². The maximum Gasteiger partial charge on any atom is 0.329 e. The van der Waals surface area contributed by atoms with Crippen LogP contribution < -0.4 is 5.32 Å². The van der Waals surface area contributed by atoms with Gasteiger partial charge in [0.25, 0.3) is 0 Å². The van der Waals surface area contributed by atoms with Crippen LogP contribution in [-0.4, -0.2) is 39.8 Å². The number of carboxylic acids is 1. The Hall–Kier alpha value is -1.82. The number of hydrogen-bond donors (Lipinski definition) is 2. The molecule has 0 bridgehead atoms. The molecule has 120 valence electrons. The van der Waals surface area contributed by atoms with Crippen LogP contribution in [0.4, 0.5) is 0 Å². The summed E-state index contributed by atoms with van der Waals surface area (Å²) in [5.41, 5.74) is -0.646. The minimum Gasteiger partial charge on any atom is -0.480 e. The average Bonchev–Trinajstić information content (AvgIpc) is 2.48. The highest BCUT2D eigenvalue weighted by molar-refractivity contribution is 8.00. The topological polar surface area (TPSA) is 83.5 Å². The van der Waals surface area contributed by atoms with E-state index < -0.39 is 11.5 Å². The lowest BCUT2D eigenvalue weighted by Crippen LogP contribution is -2.52. The summed E-state index contributed by atoms with van der Waals surface area (Å²) in [5, 5.41) is 11.7. The van der Waals surface area contributed by atoms with Gasteiger partial charge in [-0.2, -0.15) is 0 Å². The van der Waals surface area contributed by atoms with Gasteiger partial charge in [-0.05, 0) is 13.3 Å². The molecule has 0 aliphatic heterocycles. The fraction of sp³-hybridized carbons (Fsp3) is 0.438. The number of rotatable bonds is 9. The standard InChI is InChI=1S/C16H21NO4S/c1-3-9-16(2,15(20)21)17-14(19)11-22-10-13(18)12-7-5-4-6-8-12/h4-8H,3,9-11H2,1-2H3,(H,17,19)(H,20,21). The molecule has 0 aliphatic rings. The molecule has 1 amide bonds. The molecule has 5 nitrogen and oxygen atoms in total. The zero-order chi connectivity index (χ0) is 16.6. The highest BCUT2D eigenvalue weighted by atomic mass is 32.2. The Kier molecular flexibility index (Phi) is 7.11. The predicted octanol–water partition coefficient (Wildman–Crippen LogP) is 2.36. The number of carboxylic acid groups (broad SMARTS) is 1. The number of aliphatic carboxylic acids is 1. The first-order valence-corrected chi connectivity index (χ1v) is 8.25. The van der Waals surface area contributed by atoms with Gasteiger partial charge in [-0.15, -0.1) is 11.8 Å². The number of thioether (sulfide) groups is 1. The Bertz CT molecular complexity index is 532. The lowest BCUT2D eigenvalue weighted by atomic mass is 9.96. The van der Waals surface area contributed by atoms with E-state index in [0.717, 1.165) is 0 Å². The molecule has 0 spiro atoms. The van der Waals surface area contributed by atoms with Crippen LogP contribution in [0.3, 0.4) is 0 Å². The second-order valence-corrected chi connectivity index (χ2v) is 6.20. The Morgan fingerprint density at radius 2 is 1.82 bits per heavy atom. The van der Waals surface area contributed by atoms with Crippen molar-refractivity contribution in [2.24, 2.45) is 0 Å². The molecular weight excluding hydrogens is 302 g/mol. The summed E-state index contributed by atoms with van der Waals surface area (Å²) in [5.74, 6) is -1.22. The molecule has 1 atom stereocenters. The SMILES string of the molecule is CCCC(C)(NC(=O)CSCC(=O)c1ccccc1)C(=O)O. The number of Topliss-reactive ketones (excluding diaryl/α,β-unsaturated/α-hetero) is 1. The van der Waals surface area contributed by atoms with Crippen molar-refractivity contribution in [2.45, 2.75) is 32.2 Å². The molecule has 6 heteroatoms. The van der Waals surface area contributed by atoms with E-state index in [1.807, 2.05) is 13.0 Å². The first-order valence-electron chi connectivity index (χ1n) is 7.09. The molecule has 0 aliphatic carbocycles. The molecule has 1 aromatic rings. The van der Waals surface area contributed by atoms with Crippen molar-refractivity contribution in [2.75, 3.05) is 11.5 Å². The van der Waals surface area contributed by atoms with Gasteiger partial charge in [-0.3, -0.25) is 9.59 Å². The first-order chi connectivity index (χ1) is 10.4. The second kappa shape index (κ2) is 8.58. The number of carbonyl (C=O) groups is 3. The van der Waals surface area contributed by atoms with Gasteiger partial charge in [0.05, 0.1) is 11.5 Å². The van der Waals surface area contributed by atoms with Crippen LogP contribution in [0.2, 0.25) is 0 Å². The lowest BCUT2D eigenvalue weighted by Gasteiger charge is -2.25. The molecule has 1 aromatic carbocycles. The Labute approximate surface area is 134 Å². The van der Waals surface area contributed by atoms with Crippen LogP contribution in [0.15, 0.2) is 30.3 Å². The van der Waals surface area contributed by atoms with Crippen molar-refractivity contribution < 1.29 is 19.5 Å². The molecule has 0 radical (unpaired) electrons. The maximum absolute atomic E-state index is 11.9. The number of hydrogen-bond acceptors (Lipinski definition) is 4. The summed E-state index contributed by atoms with van der Waals surface area (Å²) >= 11 is 1.18. The van der Waals surface area contributed by atoms with Gasteiger partial charge < -0.3 is 10.4 Å². The number of carbonyl (C=O) groups excluding carboxylic acids is 2. The molecule has 0 fully saturated rings. The number of nitrogens with one attached hydrogen (secondary N) is 1. The molecule has 1 rings (SSSR count). The Balaban J connectivity index is 2.43. The quantitative estimate of drug-likeness (QED) is 0.682. The molecule has 0 heterocycles. The third-order valence-electron chi connectivity index (χ3n) is 3.20. The van der Waals surface area contributed by atoms with E-state index >= 15 is 0 Å². The minimum absolute atomic E-state index is 0.0482. The van der Waals surface area contributed by atoms with Crippen molar-refractivity contribution in [1.29, 1.82) is 0 Å². The molecule has 0 saturated heterocycles. The summed E-state index contributed by atoms with van der Waals surface area (Å²) in [7, 11) is 0. The van der Waals surface area contributed by atoms with Crippen LogP contribution in [0, 0.1) is 0 Å². The number of benzene rings is 1. The van der Waals surface area contributed by atoms with Crippen molar-refractivity contribution in [1.82, 2.24) is 5.32 Å². The van der Waals surface area contributed by atoms with E-state index in [-0.39, 0.29) is 23.2 Å². The summed E-state index contributed by atoms with van der Waals surface area (Å²) in [6, 6.07) is 8.86. The molecule has 22 heavy (non-hydrogen) atoms. The lowest BCUT2D eigenvalue weighted by molar-refractivity contribution is -0.146. The van der Waals surface area contributed by atoms with E-state index in [9.17, 15) is 19.5 Å². The van der Waals surface area contributed by atoms with Gasteiger partial charge in [-0.1, -0.05) is 43.7 Å².